The van der Waals surface area contributed by atoms with Crippen molar-refractivity contribution >= 4 is 51.0 Å². The Balaban J connectivity index is 1.69. The smallest absolute Gasteiger partial charge is 0.326 e. The Morgan fingerprint density at radius 2 is 1.66 bits per heavy atom. The molecule has 35 heavy (non-hydrogen) atoms. The van der Waals surface area contributed by atoms with Crippen LogP contribution in [0.1, 0.15) is 21.7 Å². The number of hydrogen-bond acceptors (Lipinski definition) is 3. The van der Waals surface area contributed by atoms with Crippen LogP contribution in [0.3, 0.4) is 0 Å². The average Bonchev–Trinajstić information content (AvgIpc) is 3.30. The van der Waals surface area contributed by atoms with E-state index in [4.69, 9.17) is 27.6 Å². The van der Waals surface area contributed by atoms with Gasteiger partial charge in [-0.15, -0.1) is 0 Å². The Hall–Kier alpha value is -3.06. The van der Waals surface area contributed by atoms with E-state index in [1.54, 1.807) is 18.2 Å². The molecule has 8 heteroatoms. The van der Waals surface area contributed by atoms with Gasteiger partial charge in [0.2, 0.25) is 0 Å². The normalized spacial score (nSPS) is 11.7. The maximum Gasteiger partial charge on any atom is 0.326 e. The molecule has 4 aromatic rings. The largest absolute Gasteiger partial charge is 0.480 e. The lowest BCUT2D eigenvalue weighted by Gasteiger charge is -2.29. The fourth-order valence-electron chi connectivity index (χ4n) is 3.71. The van der Waals surface area contributed by atoms with E-state index in [1.807, 2.05) is 54.6 Å². The molecule has 1 amide bonds. The van der Waals surface area contributed by atoms with Crippen LogP contribution in [0.5, 0.6) is 0 Å². The van der Waals surface area contributed by atoms with Gasteiger partial charge in [0.25, 0.3) is 5.91 Å². The summed E-state index contributed by atoms with van der Waals surface area (Å²) in [7, 11) is 0. The average molecular weight is 573 g/mol. The third kappa shape index (κ3) is 6.14. The van der Waals surface area contributed by atoms with Crippen molar-refractivity contribution in [2.24, 2.45) is 0 Å². The van der Waals surface area contributed by atoms with Gasteiger partial charge in [-0.05, 0) is 48.0 Å². The summed E-state index contributed by atoms with van der Waals surface area (Å²) in [6, 6.07) is 23.6. The summed E-state index contributed by atoms with van der Waals surface area (Å²) in [5, 5.41) is 10.6. The van der Waals surface area contributed by atoms with Gasteiger partial charge in [-0.1, -0.05) is 81.6 Å². The fraction of sp³-hybridized carbons (Fsp3) is 0.111. The molecule has 3 aromatic carbocycles. The standard InChI is InChI=1S/C27H20BrCl2NO4/c28-19-8-6-18(7-9-19)25-13-11-21(35-25)16-31(26(32)22-12-10-20(29)15-23(22)30)24(27(33)34)14-17-4-2-1-3-5-17/h1-13,15,24H,14,16H2,(H,33,34)/t24-/m0/s1. The summed E-state index contributed by atoms with van der Waals surface area (Å²) < 4.78 is 6.94. The van der Waals surface area contributed by atoms with E-state index in [2.05, 4.69) is 15.9 Å². The van der Waals surface area contributed by atoms with Gasteiger partial charge in [0.1, 0.15) is 17.6 Å². The molecule has 0 saturated carbocycles. The van der Waals surface area contributed by atoms with E-state index in [0.717, 1.165) is 15.6 Å². The van der Waals surface area contributed by atoms with Crippen molar-refractivity contribution in [3.8, 4) is 11.3 Å². The molecule has 1 heterocycles. The number of carboxylic acid groups (broad SMARTS) is 1. The van der Waals surface area contributed by atoms with Crippen LogP contribution in [-0.4, -0.2) is 27.9 Å². The third-order valence-electron chi connectivity index (χ3n) is 5.47. The number of aliphatic carboxylic acids is 1. The minimum absolute atomic E-state index is 0.0574. The van der Waals surface area contributed by atoms with Gasteiger partial charge >= 0.3 is 5.97 Å². The first-order chi connectivity index (χ1) is 16.8. The molecule has 0 unspecified atom stereocenters. The Kier molecular flexibility index (Phi) is 7.96. The summed E-state index contributed by atoms with van der Waals surface area (Å²) in [6.07, 6.45) is 0.118. The maximum atomic E-state index is 13.6. The number of amides is 1. The van der Waals surface area contributed by atoms with E-state index < -0.39 is 17.9 Å². The van der Waals surface area contributed by atoms with Gasteiger partial charge in [0, 0.05) is 21.5 Å². The first-order valence-corrected chi connectivity index (χ1v) is 12.2. The molecule has 1 N–H and O–H groups in total. The van der Waals surface area contributed by atoms with Crippen molar-refractivity contribution in [3.63, 3.8) is 0 Å². The second-order valence-electron chi connectivity index (χ2n) is 7.87. The number of benzene rings is 3. The number of carbonyl (C=O) groups is 2. The summed E-state index contributed by atoms with van der Waals surface area (Å²) in [6.45, 7) is -0.0574. The predicted octanol–water partition coefficient (Wildman–Crippen LogP) is 7.35. The number of nitrogens with zero attached hydrogens (tertiary/aromatic N) is 1. The van der Waals surface area contributed by atoms with Gasteiger partial charge in [-0.2, -0.15) is 0 Å². The van der Waals surface area contributed by atoms with Crippen LogP contribution in [0.2, 0.25) is 10.0 Å². The second-order valence-corrected chi connectivity index (χ2v) is 9.63. The van der Waals surface area contributed by atoms with Gasteiger partial charge < -0.3 is 14.4 Å². The van der Waals surface area contributed by atoms with E-state index in [1.165, 1.54) is 17.0 Å². The lowest BCUT2D eigenvalue weighted by Crippen LogP contribution is -2.46. The molecule has 178 valence electrons. The molecule has 0 aliphatic rings. The fourth-order valence-corrected chi connectivity index (χ4v) is 4.46. The Morgan fingerprint density at radius 1 is 0.943 bits per heavy atom. The second kappa shape index (κ2) is 11.1. The minimum atomic E-state index is -1.15. The monoisotopic (exact) mass is 571 g/mol. The van der Waals surface area contributed by atoms with Crippen molar-refractivity contribution in [2.75, 3.05) is 0 Å². The van der Waals surface area contributed by atoms with Crippen molar-refractivity contribution in [3.05, 3.63) is 116 Å². The molecule has 0 bridgehead atoms. The van der Waals surface area contributed by atoms with E-state index in [9.17, 15) is 14.7 Å². The highest BCUT2D eigenvalue weighted by Crippen LogP contribution is 2.28. The van der Waals surface area contributed by atoms with Crippen LogP contribution in [0.15, 0.2) is 93.8 Å². The summed E-state index contributed by atoms with van der Waals surface area (Å²) in [4.78, 5) is 27.3. The molecule has 0 radical (unpaired) electrons. The van der Waals surface area contributed by atoms with Crippen LogP contribution in [0.4, 0.5) is 0 Å². The van der Waals surface area contributed by atoms with E-state index in [0.29, 0.717) is 16.5 Å². The van der Waals surface area contributed by atoms with Crippen LogP contribution >= 0.6 is 39.1 Å². The Labute approximate surface area is 221 Å². The van der Waals surface area contributed by atoms with Crippen molar-refractivity contribution in [2.45, 2.75) is 19.0 Å². The molecule has 1 aromatic heterocycles. The number of carboxylic acids is 1. The highest BCUT2D eigenvalue weighted by molar-refractivity contribution is 9.10. The van der Waals surface area contributed by atoms with Crippen LogP contribution in [0, 0.1) is 0 Å². The molecule has 0 saturated heterocycles. The van der Waals surface area contributed by atoms with Gasteiger partial charge in [-0.25, -0.2) is 4.79 Å². The lowest BCUT2D eigenvalue weighted by atomic mass is 10.0. The van der Waals surface area contributed by atoms with Crippen LogP contribution < -0.4 is 0 Å². The molecule has 0 fully saturated rings. The van der Waals surface area contributed by atoms with Crippen molar-refractivity contribution in [1.82, 2.24) is 4.90 Å². The van der Waals surface area contributed by atoms with Crippen LogP contribution in [0.25, 0.3) is 11.3 Å². The Morgan fingerprint density at radius 3 is 2.31 bits per heavy atom. The predicted molar refractivity (Wildman–Crippen MR) is 140 cm³/mol. The lowest BCUT2D eigenvalue weighted by molar-refractivity contribution is -0.142. The topological polar surface area (TPSA) is 70.8 Å². The minimum Gasteiger partial charge on any atom is -0.480 e. The molecule has 1 atom stereocenters. The number of furan rings is 1. The van der Waals surface area contributed by atoms with Crippen molar-refractivity contribution < 1.29 is 19.1 Å². The highest BCUT2D eigenvalue weighted by atomic mass is 79.9. The summed E-state index contributed by atoms with van der Waals surface area (Å²) in [5.41, 5.74) is 1.81. The van der Waals surface area contributed by atoms with E-state index in [-0.39, 0.29) is 23.6 Å². The SMILES string of the molecule is O=C(O)[C@H](Cc1ccccc1)N(Cc1ccc(-c2ccc(Br)cc2)o1)C(=O)c1ccc(Cl)cc1Cl. The molecule has 4 rings (SSSR count). The van der Waals surface area contributed by atoms with Crippen molar-refractivity contribution in [1.29, 1.82) is 0 Å². The third-order valence-corrected chi connectivity index (χ3v) is 6.55. The molecule has 0 spiro atoms. The highest BCUT2D eigenvalue weighted by Gasteiger charge is 2.32. The molecular weight excluding hydrogens is 553 g/mol. The van der Waals surface area contributed by atoms with Crippen LogP contribution in [-0.2, 0) is 17.8 Å². The van der Waals surface area contributed by atoms with Gasteiger partial charge in [0.15, 0.2) is 0 Å². The zero-order valence-electron chi connectivity index (χ0n) is 18.3. The zero-order valence-corrected chi connectivity index (χ0v) is 21.4. The quantitative estimate of drug-likeness (QED) is 0.239. The number of carbonyl (C=O) groups excluding carboxylic acids is 1. The van der Waals surface area contributed by atoms with Gasteiger partial charge in [-0.3, -0.25) is 4.79 Å². The molecule has 5 nitrogen and oxygen atoms in total. The molecular formula is C27H20BrCl2NO4. The molecule has 0 aliphatic heterocycles. The zero-order chi connectivity index (χ0) is 24.9. The van der Waals surface area contributed by atoms with Gasteiger partial charge in [0.05, 0.1) is 17.1 Å². The first-order valence-electron chi connectivity index (χ1n) is 10.7. The maximum absolute atomic E-state index is 13.6. The van der Waals surface area contributed by atoms with E-state index >= 15 is 0 Å². The summed E-state index contributed by atoms with van der Waals surface area (Å²) in [5.74, 6) is -0.608. The number of halogens is 3. The Bertz CT molecular complexity index is 1340. The molecule has 0 aliphatic carbocycles. The summed E-state index contributed by atoms with van der Waals surface area (Å²) >= 11 is 15.7. The first kappa shape index (κ1) is 25.0. The number of rotatable bonds is 8. The number of hydrogen-bond donors (Lipinski definition) is 1.